The van der Waals surface area contributed by atoms with E-state index in [0.29, 0.717) is 4.85 Å². The molecule has 1 heterocycles. The Morgan fingerprint density at radius 1 is 1.75 bits per heavy atom. The summed E-state index contributed by atoms with van der Waals surface area (Å²) in [6.45, 7) is 0. The van der Waals surface area contributed by atoms with Crippen LogP contribution in [0.5, 0.6) is 0 Å². The van der Waals surface area contributed by atoms with Crippen molar-refractivity contribution in [3.63, 3.8) is 0 Å². The van der Waals surface area contributed by atoms with Gasteiger partial charge in [-0.3, -0.25) is 0 Å². The van der Waals surface area contributed by atoms with Crippen molar-refractivity contribution in [1.29, 1.82) is 0 Å². The van der Waals surface area contributed by atoms with Crippen LogP contribution in [0.4, 0.5) is 5.82 Å². The molecule has 66 valence electrons. The molecule has 0 amide bonds. The summed E-state index contributed by atoms with van der Waals surface area (Å²) in [5, 5.41) is 14.2. The molecular weight excluding hydrogens is 200 g/mol. The van der Waals surface area contributed by atoms with Gasteiger partial charge >= 0.3 is 5.82 Å². The third-order valence-electron chi connectivity index (χ3n) is 0.928. The van der Waals surface area contributed by atoms with Crippen LogP contribution in [0.15, 0.2) is 23.3 Å². The molecule has 5 nitrogen and oxygen atoms in total. The molecule has 1 aromatic rings. The number of hydrogen-bond acceptors (Lipinski definition) is 3. The zero-order chi connectivity index (χ0) is 8.27. The summed E-state index contributed by atoms with van der Waals surface area (Å²) < 4.78 is 0. The number of hydrogen-bond donors (Lipinski definition) is 2. The zero-order valence-corrected chi connectivity index (χ0v) is 7.63. The maximum atomic E-state index is 10.8. The van der Waals surface area contributed by atoms with Gasteiger partial charge in [0, 0.05) is 6.07 Å². The molecule has 1 aromatic heterocycles. The molecule has 0 fully saturated rings. The smallest absolute Gasteiger partial charge is 0.350 e. The van der Waals surface area contributed by atoms with E-state index < -0.39 is 0 Å². The number of thiol groups is 1. The molecule has 0 aliphatic rings. The summed E-state index contributed by atoms with van der Waals surface area (Å²) in [6.07, 6.45) is 1.36. The van der Waals surface area contributed by atoms with Gasteiger partial charge in [-0.1, -0.05) is 17.7 Å². The highest BCUT2D eigenvalue weighted by atomic mass is 35.5. The maximum Gasteiger partial charge on any atom is 0.350 e. The van der Waals surface area contributed by atoms with Gasteiger partial charge in [0.2, 0.25) is 0 Å². The van der Waals surface area contributed by atoms with Gasteiger partial charge in [-0.15, -0.1) is 17.3 Å². The van der Waals surface area contributed by atoms with E-state index in [9.17, 15) is 5.21 Å². The minimum Gasteiger partial charge on any atom is -0.691 e. The molecule has 0 spiro atoms. The Balaban J connectivity index is 0.00000121. The van der Waals surface area contributed by atoms with Gasteiger partial charge < -0.3 is 10.9 Å². The largest absolute Gasteiger partial charge is 0.691 e. The van der Waals surface area contributed by atoms with Gasteiger partial charge in [0.1, 0.15) is 0 Å². The van der Waals surface area contributed by atoms with E-state index in [1.807, 2.05) is 0 Å². The fraction of sp³-hybridized carbons (Fsp3) is 0. The van der Waals surface area contributed by atoms with Crippen molar-refractivity contribution in [3.05, 3.63) is 23.5 Å². The minimum atomic E-state index is 0. The van der Waals surface area contributed by atoms with Gasteiger partial charge in [0.15, 0.2) is 0 Å². The molecule has 0 bridgehead atoms. The van der Waals surface area contributed by atoms with E-state index in [1.165, 1.54) is 12.3 Å². The van der Waals surface area contributed by atoms with Crippen molar-refractivity contribution in [2.75, 3.05) is 0 Å². The Bertz CT molecular complexity index is 289. The van der Waals surface area contributed by atoms with Crippen molar-refractivity contribution in [1.82, 2.24) is 5.10 Å². The first kappa shape index (κ1) is 11.0. The summed E-state index contributed by atoms with van der Waals surface area (Å²) in [5.74, 6) is 0.125. The van der Waals surface area contributed by atoms with E-state index in [-0.39, 0.29) is 23.4 Å². The molecular formula is C5H7ClN4OS. The SMILES string of the molecule is Cl.N/C(S)=N/c1cccn[n+]1[O-]. The zero-order valence-electron chi connectivity index (χ0n) is 5.91. The third-order valence-corrected chi connectivity index (χ3v) is 1.03. The van der Waals surface area contributed by atoms with Gasteiger partial charge in [-0.25, -0.2) is 0 Å². The molecule has 2 N–H and O–H groups in total. The van der Waals surface area contributed by atoms with E-state index >= 15 is 0 Å². The molecule has 1 rings (SSSR count). The Morgan fingerprint density at radius 3 is 2.92 bits per heavy atom. The summed E-state index contributed by atoms with van der Waals surface area (Å²) >= 11 is 3.70. The van der Waals surface area contributed by atoms with Crippen molar-refractivity contribution < 1.29 is 4.85 Å². The molecule has 0 unspecified atom stereocenters. The standard InChI is InChI=1S/C5H6N4OS.ClH/c6-5(11)8-4-2-1-3-7-9(4)10;/h1-3H,(H3,6,8,11);1H. The molecule has 0 saturated heterocycles. The number of nitrogens with two attached hydrogens (primary N) is 1. The second-order valence-corrected chi connectivity index (χ2v) is 2.18. The van der Waals surface area contributed by atoms with Crippen molar-refractivity contribution in [3.8, 4) is 0 Å². The molecule has 12 heavy (non-hydrogen) atoms. The summed E-state index contributed by atoms with van der Waals surface area (Å²) in [5.41, 5.74) is 5.13. The van der Waals surface area contributed by atoms with E-state index in [0.717, 1.165) is 0 Å². The van der Waals surface area contributed by atoms with Gasteiger partial charge in [-0.05, 0) is 11.1 Å². The van der Waals surface area contributed by atoms with Crippen LogP contribution in [0, 0.1) is 5.21 Å². The summed E-state index contributed by atoms with van der Waals surface area (Å²) in [7, 11) is 0. The van der Waals surface area contributed by atoms with Crippen molar-refractivity contribution >= 4 is 36.0 Å². The first-order valence-corrected chi connectivity index (χ1v) is 3.23. The van der Waals surface area contributed by atoms with Crippen LogP contribution in [0.25, 0.3) is 0 Å². The van der Waals surface area contributed by atoms with Crippen molar-refractivity contribution in [2.24, 2.45) is 10.7 Å². The lowest BCUT2D eigenvalue weighted by Crippen LogP contribution is -2.30. The minimum absolute atomic E-state index is 0. The van der Waals surface area contributed by atoms with Crippen LogP contribution in [0.1, 0.15) is 0 Å². The first-order valence-electron chi connectivity index (χ1n) is 2.78. The highest BCUT2D eigenvalue weighted by molar-refractivity contribution is 7.96. The average molecular weight is 207 g/mol. The number of aliphatic imine (C=N–C) groups is 1. The van der Waals surface area contributed by atoms with Gasteiger partial charge in [-0.2, -0.15) is 0 Å². The molecule has 0 aliphatic carbocycles. The number of halogens is 1. The van der Waals surface area contributed by atoms with E-state index in [2.05, 4.69) is 22.7 Å². The maximum absolute atomic E-state index is 10.8. The fourth-order valence-corrected chi connectivity index (χ4v) is 0.651. The highest BCUT2D eigenvalue weighted by Crippen LogP contribution is 2.00. The van der Waals surface area contributed by atoms with Crippen molar-refractivity contribution in [2.45, 2.75) is 0 Å². The lowest BCUT2D eigenvalue weighted by Gasteiger charge is -1.97. The first-order chi connectivity index (χ1) is 5.20. The van der Waals surface area contributed by atoms with Gasteiger partial charge in [0.25, 0.3) is 5.17 Å². The lowest BCUT2D eigenvalue weighted by atomic mass is 10.5. The molecule has 7 heteroatoms. The predicted octanol–water partition coefficient (Wildman–Crippen LogP) is 0.0128. The number of rotatable bonds is 1. The topological polar surface area (TPSA) is 78.2 Å². The number of aromatic nitrogens is 2. The second kappa shape index (κ2) is 4.78. The number of amidine groups is 1. The van der Waals surface area contributed by atoms with Crippen LogP contribution >= 0.6 is 25.0 Å². The molecule has 0 atom stereocenters. The number of nitrogens with zero attached hydrogens (tertiary/aromatic N) is 3. The molecule has 0 saturated carbocycles. The van der Waals surface area contributed by atoms with Crippen LogP contribution in [0.2, 0.25) is 0 Å². The highest BCUT2D eigenvalue weighted by Gasteiger charge is 2.02. The molecule has 0 aromatic carbocycles. The van der Waals surface area contributed by atoms with E-state index in [1.54, 1.807) is 6.07 Å². The monoisotopic (exact) mass is 206 g/mol. The van der Waals surface area contributed by atoms with E-state index in [4.69, 9.17) is 5.73 Å². The Kier molecular flexibility index (Phi) is 4.38. The van der Waals surface area contributed by atoms with Crippen LogP contribution in [0.3, 0.4) is 0 Å². The van der Waals surface area contributed by atoms with Crippen LogP contribution in [-0.2, 0) is 0 Å². The average Bonchev–Trinajstić information content (AvgIpc) is 1.93. The van der Waals surface area contributed by atoms with Crippen LogP contribution < -0.4 is 10.6 Å². The Labute approximate surface area is 80.7 Å². The predicted molar refractivity (Wildman–Crippen MR) is 50.7 cm³/mol. The quantitative estimate of drug-likeness (QED) is 0.224. The Hall–Kier alpha value is -1.01. The lowest BCUT2D eigenvalue weighted by molar-refractivity contribution is -0.656. The summed E-state index contributed by atoms with van der Waals surface area (Å²) in [6, 6.07) is 3.08. The third kappa shape index (κ3) is 2.93. The molecule has 0 radical (unpaired) electrons. The van der Waals surface area contributed by atoms with Crippen LogP contribution in [-0.4, -0.2) is 10.3 Å². The Morgan fingerprint density at radius 2 is 2.42 bits per heavy atom. The molecule has 0 aliphatic heterocycles. The summed E-state index contributed by atoms with van der Waals surface area (Å²) in [4.78, 5) is 3.97. The normalized spacial score (nSPS) is 10.6. The van der Waals surface area contributed by atoms with Gasteiger partial charge in [0.05, 0.1) is 6.20 Å². The second-order valence-electron chi connectivity index (χ2n) is 1.72. The fourth-order valence-electron chi connectivity index (χ4n) is 0.548.